The molecule has 5 nitrogen and oxygen atoms in total. The first kappa shape index (κ1) is 19.8. The molecule has 25 heavy (non-hydrogen) atoms. The minimum absolute atomic E-state index is 0.159. The molecule has 1 heterocycles. The van der Waals surface area contributed by atoms with Crippen LogP contribution in [-0.2, 0) is 19.3 Å². The molecule has 0 N–H and O–H groups in total. The molecule has 1 aliphatic heterocycles. The number of nitrogens with zero attached hydrogens (tertiary/aromatic N) is 1. The molecular formula is C18H26BNO4S. The highest BCUT2D eigenvalue weighted by molar-refractivity contribution is 7.89. The topological polar surface area (TPSA) is 55.8 Å². The van der Waals surface area contributed by atoms with E-state index in [1.165, 1.54) is 10.5 Å². The maximum absolute atomic E-state index is 12.8. The van der Waals surface area contributed by atoms with Gasteiger partial charge in [0.2, 0.25) is 0 Å². The van der Waals surface area contributed by atoms with E-state index in [1.54, 1.807) is 36.3 Å². The summed E-state index contributed by atoms with van der Waals surface area (Å²) in [5.74, 6) is 1.62. The van der Waals surface area contributed by atoms with Crippen LogP contribution in [0.25, 0.3) is 0 Å². The Morgan fingerprint density at radius 1 is 1.12 bits per heavy atom. The van der Waals surface area contributed by atoms with Crippen LogP contribution in [0, 0.1) is 6.92 Å². The molecule has 136 valence electrons. The van der Waals surface area contributed by atoms with E-state index >= 15 is 0 Å². The van der Waals surface area contributed by atoms with Crippen LogP contribution in [0.4, 0.5) is 0 Å². The summed E-state index contributed by atoms with van der Waals surface area (Å²) in [6.45, 7) is 13.5. The lowest BCUT2D eigenvalue weighted by atomic mass is 9.90. The largest absolute Gasteiger partial charge is 0.488 e. The third-order valence-electron chi connectivity index (χ3n) is 4.62. The molecule has 1 aromatic rings. The summed E-state index contributed by atoms with van der Waals surface area (Å²) in [6, 6.07) is 6.75. The number of benzene rings is 1. The molecule has 0 amide bonds. The van der Waals surface area contributed by atoms with Crippen LogP contribution >= 0.6 is 0 Å². The Hall–Kier alpha value is -1.57. The van der Waals surface area contributed by atoms with Gasteiger partial charge in [0, 0.05) is 6.20 Å². The molecule has 0 aliphatic carbocycles. The van der Waals surface area contributed by atoms with Crippen molar-refractivity contribution in [3.05, 3.63) is 54.7 Å². The molecule has 0 aromatic heterocycles. The van der Waals surface area contributed by atoms with E-state index in [1.807, 2.05) is 34.6 Å². The number of hydrogen-bond donors (Lipinski definition) is 0. The van der Waals surface area contributed by atoms with Gasteiger partial charge in [-0.15, -0.1) is 6.58 Å². The van der Waals surface area contributed by atoms with Gasteiger partial charge < -0.3 is 9.31 Å². The van der Waals surface area contributed by atoms with E-state index in [9.17, 15) is 8.42 Å². The number of aryl methyl sites for hydroxylation is 1. The average molecular weight is 363 g/mol. The van der Waals surface area contributed by atoms with Crippen molar-refractivity contribution >= 4 is 17.1 Å². The van der Waals surface area contributed by atoms with Crippen molar-refractivity contribution in [2.24, 2.45) is 0 Å². The lowest BCUT2D eigenvalue weighted by molar-refractivity contribution is 0.00578. The third-order valence-corrected chi connectivity index (χ3v) is 6.37. The highest BCUT2D eigenvalue weighted by Crippen LogP contribution is 2.37. The molecule has 0 spiro atoms. The molecule has 7 heteroatoms. The second-order valence-electron chi connectivity index (χ2n) is 7.14. The monoisotopic (exact) mass is 363 g/mol. The van der Waals surface area contributed by atoms with Crippen molar-refractivity contribution in [1.82, 2.24) is 4.31 Å². The van der Waals surface area contributed by atoms with Crippen molar-refractivity contribution in [2.75, 3.05) is 6.54 Å². The van der Waals surface area contributed by atoms with Gasteiger partial charge in [0.25, 0.3) is 10.0 Å². The standard InChI is InChI=1S/C18H26BNO4S/c1-7-13-20(25(21,22)16-10-8-15(2)9-11-16)14-12-19-23-17(3,4)18(5,6)24-19/h7-12,14H,1,13H2,2-6H3/b14-12+. The van der Waals surface area contributed by atoms with Gasteiger partial charge in [0.15, 0.2) is 0 Å². The van der Waals surface area contributed by atoms with Crippen LogP contribution < -0.4 is 0 Å². The van der Waals surface area contributed by atoms with E-state index in [-0.39, 0.29) is 11.4 Å². The summed E-state index contributed by atoms with van der Waals surface area (Å²) in [4.78, 5) is 0.235. The van der Waals surface area contributed by atoms with Gasteiger partial charge in [-0.2, -0.15) is 0 Å². The van der Waals surface area contributed by atoms with E-state index in [0.717, 1.165) is 5.56 Å². The summed E-state index contributed by atoms with van der Waals surface area (Å²) in [5, 5.41) is 0. The molecule has 0 saturated carbocycles. The van der Waals surface area contributed by atoms with Crippen LogP contribution in [0.5, 0.6) is 0 Å². The predicted molar refractivity (Wildman–Crippen MR) is 100 cm³/mol. The molecule has 1 aliphatic rings. The Kier molecular flexibility index (Phi) is 5.51. The van der Waals surface area contributed by atoms with Crippen LogP contribution in [0.3, 0.4) is 0 Å². The first-order chi connectivity index (χ1) is 11.5. The van der Waals surface area contributed by atoms with Crippen LogP contribution in [-0.4, -0.2) is 37.6 Å². The minimum Gasteiger partial charge on any atom is -0.400 e. The van der Waals surface area contributed by atoms with Crippen molar-refractivity contribution in [2.45, 2.75) is 50.7 Å². The highest BCUT2D eigenvalue weighted by Gasteiger charge is 2.50. The fourth-order valence-electron chi connectivity index (χ4n) is 2.35. The van der Waals surface area contributed by atoms with Gasteiger partial charge in [-0.05, 0) is 52.7 Å². The molecule has 1 fully saturated rings. The number of hydrogen-bond acceptors (Lipinski definition) is 4. The van der Waals surface area contributed by atoms with Crippen LogP contribution in [0.1, 0.15) is 33.3 Å². The smallest absolute Gasteiger partial charge is 0.400 e. The summed E-state index contributed by atoms with van der Waals surface area (Å²) < 4.78 is 38.6. The zero-order chi connectivity index (χ0) is 18.9. The maximum atomic E-state index is 12.8. The Morgan fingerprint density at radius 3 is 2.12 bits per heavy atom. The molecule has 0 radical (unpaired) electrons. The van der Waals surface area contributed by atoms with Gasteiger partial charge in [-0.25, -0.2) is 8.42 Å². The maximum Gasteiger partial charge on any atom is 0.488 e. The predicted octanol–water partition coefficient (Wildman–Crippen LogP) is 3.32. The van der Waals surface area contributed by atoms with Crippen molar-refractivity contribution in [3.63, 3.8) is 0 Å². The first-order valence-corrected chi connectivity index (χ1v) is 9.67. The van der Waals surface area contributed by atoms with E-state index < -0.39 is 28.3 Å². The zero-order valence-electron chi connectivity index (χ0n) is 15.5. The molecule has 1 aromatic carbocycles. The van der Waals surface area contributed by atoms with Gasteiger partial charge in [-0.3, -0.25) is 4.31 Å². The highest BCUT2D eigenvalue weighted by atomic mass is 32.2. The van der Waals surface area contributed by atoms with Crippen LogP contribution in [0.15, 0.2) is 54.0 Å². The third kappa shape index (κ3) is 4.16. The quantitative estimate of drug-likeness (QED) is 0.575. The minimum atomic E-state index is -3.67. The normalized spacial score (nSPS) is 19.3. The van der Waals surface area contributed by atoms with E-state index in [4.69, 9.17) is 9.31 Å². The second kappa shape index (κ2) is 6.98. The molecule has 0 atom stereocenters. The molecule has 1 saturated heterocycles. The van der Waals surface area contributed by atoms with E-state index in [0.29, 0.717) is 0 Å². The van der Waals surface area contributed by atoms with Crippen molar-refractivity contribution < 1.29 is 17.7 Å². The summed E-state index contributed by atoms with van der Waals surface area (Å²) in [6.07, 6.45) is 3.03. The molecule has 2 rings (SSSR count). The lowest BCUT2D eigenvalue weighted by Gasteiger charge is -2.32. The number of sulfonamides is 1. The van der Waals surface area contributed by atoms with Gasteiger partial charge in [0.1, 0.15) is 0 Å². The average Bonchev–Trinajstić information content (AvgIpc) is 2.71. The molecule has 0 bridgehead atoms. The Morgan fingerprint density at radius 2 is 1.64 bits per heavy atom. The fourth-order valence-corrected chi connectivity index (χ4v) is 3.63. The Bertz CT molecular complexity index is 738. The van der Waals surface area contributed by atoms with Crippen LogP contribution in [0.2, 0.25) is 0 Å². The fraction of sp³-hybridized carbons (Fsp3) is 0.444. The van der Waals surface area contributed by atoms with E-state index in [2.05, 4.69) is 6.58 Å². The van der Waals surface area contributed by atoms with Gasteiger partial charge in [-0.1, -0.05) is 23.8 Å². The SMILES string of the molecule is C=CCN(/C=C/B1OC(C)(C)C(C)(C)O1)S(=O)(=O)c1ccc(C)cc1. The zero-order valence-corrected chi connectivity index (χ0v) is 16.3. The lowest BCUT2D eigenvalue weighted by Crippen LogP contribution is -2.41. The van der Waals surface area contributed by atoms with Gasteiger partial charge in [0.05, 0.1) is 22.6 Å². The molecule has 0 unspecified atom stereocenters. The summed E-state index contributed by atoms with van der Waals surface area (Å²) >= 11 is 0. The first-order valence-electron chi connectivity index (χ1n) is 8.23. The summed E-state index contributed by atoms with van der Waals surface area (Å²) in [5.41, 5.74) is 0.0596. The Balaban J connectivity index is 2.24. The van der Waals surface area contributed by atoms with Crippen molar-refractivity contribution in [1.29, 1.82) is 0 Å². The number of rotatable bonds is 6. The second-order valence-corrected chi connectivity index (χ2v) is 9.03. The Labute approximate surface area is 151 Å². The molecular weight excluding hydrogens is 337 g/mol. The van der Waals surface area contributed by atoms with Crippen molar-refractivity contribution in [3.8, 4) is 0 Å². The summed E-state index contributed by atoms with van der Waals surface area (Å²) in [7, 11) is -4.27. The van der Waals surface area contributed by atoms with Gasteiger partial charge >= 0.3 is 7.12 Å².